The highest BCUT2D eigenvalue weighted by Crippen LogP contribution is 2.40. The van der Waals surface area contributed by atoms with E-state index in [1.165, 1.54) is 0 Å². The molecule has 0 aliphatic heterocycles. The summed E-state index contributed by atoms with van der Waals surface area (Å²) in [4.78, 5) is 0. The molecular weight excluding hydrogens is 233 g/mol. The summed E-state index contributed by atoms with van der Waals surface area (Å²) in [5.74, 6) is -3.18. The van der Waals surface area contributed by atoms with E-state index < -0.39 is 22.4 Å². The fourth-order valence-electron chi connectivity index (χ4n) is 1.15. The van der Waals surface area contributed by atoms with Crippen LogP contribution in [0.1, 0.15) is 25.3 Å². The van der Waals surface area contributed by atoms with Gasteiger partial charge in [0, 0.05) is 5.56 Å². The first-order chi connectivity index (χ1) is 6.37. The average Bonchev–Trinajstić information content (AvgIpc) is 2.11. The summed E-state index contributed by atoms with van der Waals surface area (Å²) in [7, 11) is 0. The third-order valence-electron chi connectivity index (χ3n) is 1.85. The fraction of sp³-hybridized carbons (Fsp3) is 0.333. The first-order valence-electron chi connectivity index (χ1n) is 3.92. The Hall–Kier alpha value is -0.540. The monoisotopic (exact) mass is 240 g/mol. The van der Waals surface area contributed by atoms with Crippen molar-refractivity contribution >= 4 is 23.2 Å². The van der Waals surface area contributed by atoms with Gasteiger partial charge in [-0.2, -0.15) is 0 Å². The van der Waals surface area contributed by atoms with Crippen LogP contribution in [0.25, 0.3) is 0 Å². The van der Waals surface area contributed by atoms with Crippen molar-refractivity contribution in [2.75, 3.05) is 0 Å². The maximum absolute atomic E-state index is 13.4. The molecule has 5 heteroatoms. The predicted octanol–water partition coefficient (Wildman–Crippen LogP) is 4.10. The van der Waals surface area contributed by atoms with E-state index in [0.29, 0.717) is 0 Å². The molecule has 0 saturated carbocycles. The second-order valence-corrected chi connectivity index (χ2v) is 3.93. The minimum absolute atomic E-state index is 0.0638. The Kier molecular flexibility index (Phi) is 3.22. The summed E-state index contributed by atoms with van der Waals surface area (Å²) in [5, 5.41) is 8.08. The van der Waals surface area contributed by atoms with Gasteiger partial charge in [-0.15, -0.1) is 0 Å². The van der Waals surface area contributed by atoms with Gasteiger partial charge in [-0.3, -0.25) is 0 Å². The number of rotatable bonds is 1. The van der Waals surface area contributed by atoms with Crippen molar-refractivity contribution < 1.29 is 13.9 Å². The van der Waals surface area contributed by atoms with Crippen LogP contribution >= 0.6 is 23.2 Å². The van der Waals surface area contributed by atoms with Gasteiger partial charge in [-0.25, -0.2) is 8.78 Å². The Labute approximate surface area is 90.3 Å². The topological polar surface area (TPSA) is 20.2 Å². The minimum atomic E-state index is -0.990. The van der Waals surface area contributed by atoms with Gasteiger partial charge in [0.2, 0.25) is 0 Å². The normalized spacial score (nSPS) is 11.1. The number of phenolic OH excluding ortho intramolecular Hbond substituents is 1. The molecule has 0 amide bonds. The molecule has 0 spiro atoms. The van der Waals surface area contributed by atoms with Crippen LogP contribution < -0.4 is 0 Å². The zero-order valence-electron chi connectivity index (χ0n) is 7.54. The molecule has 1 aromatic carbocycles. The molecule has 1 rings (SSSR count). The van der Waals surface area contributed by atoms with E-state index in [4.69, 9.17) is 28.3 Å². The number of hydrogen-bond donors (Lipinski definition) is 1. The van der Waals surface area contributed by atoms with Gasteiger partial charge < -0.3 is 5.11 Å². The molecule has 0 fully saturated rings. The first kappa shape index (κ1) is 11.5. The molecule has 1 aromatic rings. The Morgan fingerprint density at radius 2 is 1.57 bits per heavy atom. The molecule has 0 unspecified atom stereocenters. The van der Waals surface area contributed by atoms with Gasteiger partial charge in [-0.05, 0) is 5.92 Å². The first-order valence-corrected chi connectivity index (χ1v) is 4.68. The molecule has 0 aromatic heterocycles. The van der Waals surface area contributed by atoms with E-state index in [2.05, 4.69) is 0 Å². The van der Waals surface area contributed by atoms with Gasteiger partial charge >= 0.3 is 0 Å². The zero-order chi connectivity index (χ0) is 11.0. The third kappa shape index (κ3) is 1.66. The standard InChI is InChI=1S/C9H8Cl2F2O/c1-3(2)4-5(10)8(13)6(11)9(14)7(4)12/h3,14H,1-2H3. The van der Waals surface area contributed by atoms with Crippen LogP contribution in [0.4, 0.5) is 8.78 Å². The van der Waals surface area contributed by atoms with E-state index in [0.717, 1.165) is 0 Å². The van der Waals surface area contributed by atoms with Crippen molar-refractivity contribution in [2.45, 2.75) is 19.8 Å². The molecule has 1 N–H and O–H groups in total. The average molecular weight is 241 g/mol. The zero-order valence-corrected chi connectivity index (χ0v) is 9.05. The van der Waals surface area contributed by atoms with Crippen LogP contribution in [-0.2, 0) is 0 Å². The van der Waals surface area contributed by atoms with Crippen molar-refractivity contribution in [2.24, 2.45) is 0 Å². The highest BCUT2D eigenvalue weighted by molar-refractivity contribution is 6.36. The third-order valence-corrected chi connectivity index (χ3v) is 2.57. The number of halogens is 4. The second-order valence-electron chi connectivity index (χ2n) is 3.17. The van der Waals surface area contributed by atoms with Gasteiger partial charge in [0.05, 0.1) is 5.02 Å². The lowest BCUT2D eigenvalue weighted by molar-refractivity contribution is 0.421. The van der Waals surface area contributed by atoms with Crippen LogP contribution in [0.2, 0.25) is 10.0 Å². The quantitative estimate of drug-likeness (QED) is 0.579. The van der Waals surface area contributed by atoms with Gasteiger partial charge in [-0.1, -0.05) is 37.0 Å². The molecule has 1 nitrogen and oxygen atoms in total. The van der Waals surface area contributed by atoms with E-state index in [-0.39, 0.29) is 16.5 Å². The molecule has 0 atom stereocenters. The van der Waals surface area contributed by atoms with E-state index >= 15 is 0 Å². The number of hydrogen-bond acceptors (Lipinski definition) is 1. The van der Waals surface area contributed by atoms with Crippen LogP contribution in [0, 0.1) is 11.6 Å². The van der Waals surface area contributed by atoms with Gasteiger partial charge in [0.25, 0.3) is 0 Å². The minimum Gasteiger partial charge on any atom is -0.504 e. The van der Waals surface area contributed by atoms with Crippen LogP contribution in [-0.4, -0.2) is 5.11 Å². The number of benzene rings is 1. The van der Waals surface area contributed by atoms with Crippen molar-refractivity contribution in [3.63, 3.8) is 0 Å². The van der Waals surface area contributed by atoms with Gasteiger partial charge in [0.1, 0.15) is 5.02 Å². The molecule has 0 radical (unpaired) electrons. The summed E-state index contributed by atoms with van der Waals surface area (Å²) in [6, 6.07) is 0. The molecule has 0 aliphatic rings. The Morgan fingerprint density at radius 1 is 1.07 bits per heavy atom. The lowest BCUT2D eigenvalue weighted by atomic mass is 10.0. The predicted molar refractivity (Wildman–Crippen MR) is 52.1 cm³/mol. The molecule has 0 heterocycles. The maximum atomic E-state index is 13.4. The van der Waals surface area contributed by atoms with Crippen LogP contribution in [0.3, 0.4) is 0 Å². The van der Waals surface area contributed by atoms with E-state index in [9.17, 15) is 8.78 Å². The molecule has 14 heavy (non-hydrogen) atoms. The smallest absolute Gasteiger partial charge is 0.173 e. The molecule has 78 valence electrons. The molecule has 0 aliphatic carbocycles. The largest absolute Gasteiger partial charge is 0.504 e. The fourth-order valence-corrected chi connectivity index (χ4v) is 1.77. The van der Waals surface area contributed by atoms with Crippen molar-refractivity contribution in [3.05, 3.63) is 27.2 Å². The van der Waals surface area contributed by atoms with Crippen molar-refractivity contribution in [1.29, 1.82) is 0 Å². The van der Waals surface area contributed by atoms with E-state index in [1.807, 2.05) is 0 Å². The molecule has 0 bridgehead atoms. The van der Waals surface area contributed by atoms with Crippen LogP contribution in [0.5, 0.6) is 5.75 Å². The Balaban J connectivity index is 3.60. The van der Waals surface area contributed by atoms with Crippen molar-refractivity contribution in [1.82, 2.24) is 0 Å². The summed E-state index contributed by atoms with van der Waals surface area (Å²) in [5.41, 5.74) is -0.0638. The Bertz CT molecular complexity index is 349. The van der Waals surface area contributed by atoms with Crippen LogP contribution in [0.15, 0.2) is 0 Å². The number of aromatic hydroxyl groups is 1. The lowest BCUT2D eigenvalue weighted by Gasteiger charge is -2.12. The lowest BCUT2D eigenvalue weighted by Crippen LogP contribution is -1.98. The highest BCUT2D eigenvalue weighted by atomic mass is 35.5. The van der Waals surface area contributed by atoms with Gasteiger partial charge in [0.15, 0.2) is 17.4 Å². The second kappa shape index (κ2) is 3.91. The Morgan fingerprint density at radius 3 is 2.00 bits per heavy atom. The summed E-state index contributed by atoms with van der Waals surface area (Å²) >= 11 is 10.9. The summed E-state index contributed by atoms with van der Waals surface area (Å²) in [6.07, 6.45) is 0. The summed E-state index contributed by atoms with van der Waals surface area (Å²) < 4.78 is 26.6. The molecule has 0 saturated heterocycles. The number of phenols is 1. The van der Waals surface area contributed by atoms with E-state index in [1.54, 1.807) is 13.8 Å². The van der Waals surface area contributed by atoms with Crippen molar-refractivity contribution in [3.8, 4) is 5.75 Å². The SMILES string of the molecule is CC(C)c1c(F)c(O)c(Cl)c(F)c1Cl. The maximum Gasteiger partial charge on any atom is 0.173 e. The molecular formula is C9H8Cl2F2O. The summed E-state index contributed by atoms with van der Waals surface area (Å²) in [6.45, 7) is 3.27. The highest BCUT2D eigenvalue weighted by Gasteiger charge is 2.23.